The number of carbonyl (C=O) groups is 1. The van der Waals surface area contributed by atoms with Crippen LogP contribution in [-0.2, 0) is 13.1 Å². The number of nitrogens with one attached hydrogen (secondary N) is 1. The van der Waals surface area contributed by atoms with Gasteiger partial charge in [-0.05, 0) is 46.7 Å². The Balaban J connectivity index is 1.76. The van der Waals surface area contributed by atoms with E-state index in [0.29, 0.717) is 30.3 Å². The van der Waals surface area contributed by atoms with Gasteiger partial charge in [0.2, 0.25) is 0 Å². The highest BCUT2D eigenvalue weighted by molar-refractivity contribution is 7.07. The third-order valence-electron chi connectivity index (χ3n) is 3.80. The van der Waals surface area contributed by atoms with E-state index in [1.807, 2.05) is 29.0 Å². The fraction of sp³-hybridized carbons (Fsp3) is 0.211. The summed E-state index contributed by atoms with van der Waals surface area (Å²) < 4.78 is 15.9. The molecule has 3 aromatic rings. The normalized spacial score (nSPS) is 10.4. The summed E-state index contributed by atoms with van der Waals surface area (Å²) >= 11 is 1.60. The minimum atomic E-state index is -0.222. The van der Waals surface area contributed by atoms with Gasteiger partial charge in [-0.25, -0.2) is 4.79 Å². The quantitative estimate of drug-likeness (QED) is 0.659. The molecule has 0 aliphatic rings. The number of hydrogen-bond donors (Lipinski definition) is 1. The largest absolute Gasteiger partial charge is 0.493 e. The molecule has 1 N–H and O–H groups in total. The van der Waals surface area contributed by atoms with Gasteiger partial charge in [-0.3, -0.25) is 0 Å². The van der Waals surface area contributed by atoms with Crippen molar-refractivity contribution >= 4 is 23.1 Å². The Kier molecular flexibility index (Phi) is 5.80. The number of carbonyl (C=O) groups excluding carboxylic acids is 1. The van der Waals surface area contributed by atoms with E-state index in [-0.39, 0.29) is 6.03 Å². The number of thiophene rings is 1. The van der Waals surface area contributed by atoms with Crippen molar-refractivity contribution in [3.63, 3.8) is 0 Å². The van der Waals surface area contributed by atoms with Crippen LogP contribution in [0.25, 0.3) is 0 Å². The third kappa shape index (κ3) is 4.37. The molecule has 0 saturated heterocycles. The van der Waals surface area contributed by atoms with E-state index in [4.69, 9.17) is 13.9 Å². The summed E-state index contributed by atoms with van der Waals surface area (Å²) in [5, 5.41) is 6.93. The van der Waals surface area contributed by atoms with E-state index in [1.165, 1.54) is 0 Å². The highest BCUT2D eigenvalue weighted by atomic mass is 32.1. The maximum atomic E-state index is 12.8. The molecule has 2 heterocycles. The smallest absolute Gasteiger partial charge is 0.322 e. The van der Waals surface area contributed by atoms with Crippen molar-refractivity contribution in [1.82, 2.24) is 4.90 Å². The van der Waals surface area contributed by atoms with E-state index >= 15 is 0 Å². The highest BCUT2D eigenvalue weighted by Gasteiger charge is 2.17. The van der Waals surface area contributed by atoms with Crippen molar-refractivity contribution in [2.24, 2.45) is 0 Å². The fourth-order valence-electron chi connectivity index (χ4n) is 2.51. The van der Waals surface area contributed by atoms with Crippen LogP contribution >= 0.6 is 11.3 Å². The van der Waals surface area contributed by atoms with E-state index < -0.39 is 0 Å². The van der Waals surface area contributed by atoms with Crippen LogP contribution in [0.4, 0.5) is 10.5 Å². The van der Waals surface area contributed by atoms with Crippen LogP contribution in [0.1, 0.15) is 11.3 Å². The zero-order valence-corrected chi connectivity index (χ0v) is 15.4. The van der Waals surface area contributed by atoms with Crippen LogP contribution in [0.3, 0.4) is 0 Å². The van der Waals surface area contributed by atoms with Gasteiger partial charge in [-0.15, -0.1) is 0 Å². The molecular formula is C19H20N2O4S. The number of nitrogens with zero attached hydrogens (tertiary/aromatic N) is 1. The standard InChI is InChI=1S/C19H20N2O4S/c1-23-17-6-5-15(10-18(17)24-2)20-19(22)21(11-14-7-9-26-13-14)12-16-4-3-8-25-16/h3-10,13H,11-12H2,1-2H3,(H,20,22). The van der Waals surface area contributed by atoms with Gasteiger partial charge >= 0.3 is 6.03 Å². The average Bonchev–Trinajstić information content (AvgIpc) is 3.35. The number of rotatable bonds is 7. The van der Waals surface area contributed by atoms with Crippen molar-refractivity contribution in [1.29, 1.82) is 0 Å². The summed E-state index contributed by atoms with van der Waals surface area (Å²) in [4.78, 5) is 14.5. The molecule has 0 bridgehead atoms. The maximum Gasteiger partial charge on any atom is 0.322 e. The van der Waals surface area contributed by atoms with E-state index in [2.05, 4.69) is 5.32 Å². The predicted octanol–water partition coefficient (Wildman–Crippen LogP) is 4.59. The maximum absolute atomic E-state index is 12.8. The van der Waals surface area contributed by atoms with Crippen molar-refractivity contribution in [2.75, 3.05) is 19.5 Å². The monoisotopic (exact) mass is 372 g/mol. The van der Waals surface area contributed by atoms with Crippen LogP contribution in [-0.4, -0.2) is 25.2 Å². The van der Waals surface area contributed by atoms with Gasteiger partial charge in [0, 0.05) is 18.3 Å². The first kappa shape index (κ1) is 17.9. The number of anilines is 1. The van der Waals surface area contributed by atoms with E-state index in [0.717, 1.165) is 11.3 Å². The highest BCUT2D eigenvalue weighted by Crippen LogP contribution is 2.30. The molecule has 6 nitrogen and oxygen atoms in total. The molecule has 136 valence electrons. The van der Waals surface area contributed by atoms with Crippen molar-refractivity contribution < 1.29 is 18.7 Å². The Labute approximate surface area is 156 Å². The Bertz CT molecular complexity index is 795. The Morgan fingerprint density at radius 2 is 2.00 bits per heavy atom. The molecule has 1 aromatic carbocycles. The zero-order chi connectivity index (χ0) is 18.4. The van der Waals surface area contributed by atoms with Crippen LogP contribution < -0.4 is 14.8 Å². The summed E-state index contributed by atoms with van der Waals surface area (Å²) in [7, 11) is 3.13. The Morgan fingerprint density at radius 3 is 2.65 bits per heavy atom. The molecule has 0 atom stereocenters. The van der Waals surface area contributed by atoms with Gasteiger partial charge in [0.15, 0.2) is 11.5 Å². The van der Waals surface area contributed by atoms with E-state index in [1.54, 1.807) is 54.9 Å². The molecular weight excluding hydrogens is 352 g/mol. The molecule has 26 heavy (non-hydrogen) atoms. The molecule has 0 aliphatic carbocycles. The zero-order valence-electron chi connectivity index (χ0n) is 14.6. The molecule has 0 spiro atoms. The number of ether oxygens (including phenoxy) is 2. The van der Waals surface area contributed by atoms with Gasteiger partial charge in [0.1, 0.15) is 5.76 Å². The first-order chi connectivity index (χ1) is 12.7. The van der Waals surface area contributed by atoms with Crippen LogP contribution in [0, 0.1) is 0 Å². The molecule has 0 radical (unpaired) electrons. The summed E-state index contributed by atoms with van der Waals surface area (Å²) in [5.74, 6) is 1.89. The number of furan rings is 1. The summed E-state index contributed by atoms with van der Waals surface area (Å²) in [6, 6.07) is 10.7. The second kappa shape index (κ2) is 8.44. The summed E-state index contributed by atoms with van der Waals surface area (Å²) in [6.07, 6.45) is 1.60. The molecule has 7 heteroatoms. The number of benzene rings is 1. The first-order valence-corrected chi connectivity index (χ1v) is 8.95. The van der Waals surface area contributed by atoms with Crippen molar-refractivity contribution in [3.05, 3.63) is 64.7 Å². The third-order valence-corrected chi connectivity index (χ3v) is 4.53. The van der Waals surface area contributed by atoms with Gasteiger partial charge in [0.05, 0.1) is 27.0 Å². The van der Waals surface area contributed by atoms with E-state index in [9.17, 15) is 4.79 Å². The van der Waals surface area contributed by atoms with Crippen molar-refractivity contribution in [2.45, 2.75) is 13.1 Å². The lowest BCUT2D eigenvalue weighted by atomic mass is 10.2. The van der Waals surface area contributed by atoms with Gasteiger partial charge in [0.25, 0.3) is 0 Å². The predicted molar refractivity (Wildman–Crippen MR) is 101 cm³/mol. The number of hydrogen-bond acceptors (Lipinski definition) is 5. The molecule has 0 unspecified atom stereocenters. The van der Waals surface area contributed by atoms with Crippen molar-refractivity contribution in [3.8, 4) is 11.5 Å². The Morgan fingerprint density at radius 1 is 1.15 bits per heavy atom. The molecule has 0 saturated carbocycles. The van der Waals surface area contributed by atoms with Gasteiger partial charge < -0.3 is 24.1 Å². The minimum absolute atomic E-state index is 0.222. The lowest BCUT2D eigenvalue weighted by Crippen LogP contribution is -2.33. The second-order valence-corrected chi connectivity index (χ2v) is 6.35. The number of amides is 2. The molecule has 2 aromatic heterocycles. The van der Waals surface area contributed by atoms with Crippen LogP contribution in [0.15, 0.2) is 57.8 Å². The first-order valence-electron chi connectivity index (χ1n) is 8.01. The topological polar surface area (TPSA) is 63.9 Å². The Hall–Kier alpha value is -2.93. The molecule has 0 fully saturated rings. The number of urea groups is 1. The van der Waals surface area contributed by atoms with Gasteiger partial charge in [-0.2, -0.15) is 11.3 Å². The van der Waals surface area contributed by atoms with Crippen LogP contribution in [0.2, 0.25) is 0 Å². The SMILES string of the molecule is COc1ccc(NC(=O)N(Cc2ccsc2)Cc2ccco2)cc1OC. The number of methoxy groups -OCH3 is 2. The summed E-state index contributed by atoms with van der Waals surface area (Å²) in [6.45, 7) is 0.866. The second-order valence-electron chi connectivity index (χ2n) is 5.57. The molecule has 0 aliphatic heterocycles. The molecule has 2 amide bonds. The van der Waals surface area contributed by atoms with Gasteiger partial charge in [-0.1, -0.05) is 0 Å². The average molecular weight is 372 g/mol. The fourth-order valence-corrected chi connectivity index (χ4v) is 3.17. The lowest BCUT2D eigenvalue weighted by molar-refractivity contribution is 0.201. The summed E-state index contributed by atoms with van der Waals surface area (Å²) in [5.41, 5.74) is 1.70. The molecule has 3 rings (SSSR count). The minimum Gasteiger partial charge on any atom is -0.493 e. The lowest BCUT2D eigenvalue weighted by Gasteiger charge is -2.22. The van der Waals surface area contributed by atoms with Crippen LogP contribution in [0.5, 0.6) is 11.5 Å².